The molecule has 0 saturated heterocycles. The van der Waals surface area contributed by atoms with Crippen LogP contribution in [0.4, 0.5) is 5.69 Å². The Bertz CT molecular complexity index is 479. The lowest BCUT2D eigenvalue weighted by Gasteiger charge is -2.23. The summed E-state index contributed by atoms with van der Waals surface area (Å²) in [6, 6.07) is 5.59. The highest BCUT2D eigenvalue weighted by molar-refractivity contribution is 9.10. The number of nitrogens with zero attached hydrogens (tertiary/aromatic N) is 1. The van der Waals surface area contributed by atoms with Crippen LogP contribution in [0.1, 0.15) is 44.6 Å². The van der Waals surface area contributed by atoms with Gasteiger partial charge in [-0.2, -0.15) is 0 Å². The average Bonchev–Trinajstić information content (AvgIpc) is 2.61. The number of nitro groups is 1. The zero-order valence-corrected chi connectivity index (χ0v) is 13.4. The lowest BCUT2D eigenvalue weighted by molar-refractivity contribution is -0.385. The number of benzene rings is 1. The lowest BCUT2D eigenvalue weighted by Crippen LogP contribution is -2.33. The van der Waals surface area contributed by atoms with E-state index in [-0.39, 0.29) is 10.6 Å². The van der Waals surface area contributed by atoms with Crippen LogP contribution in [0.15, 0.2) is 22.7 Å². The predicted molar refractivity (Wildman–Crippen MR) is 83.7 cm³/mol. The van der Waals surface area contributed by atoms with Crippen LogP contribution in [-0.2, 0) is 6.54 Å². The maximum absolute atomic E-state index is 11.1. The first-order valence-electron chi connectivity index (χ1n) is 7.24. The van der Waals surface area contributed by atoms with E-state index in [2.05, 4.69) is 28.2 Å². The van der Waals surface area contributed by atoms with Crippen LogP contribution in [-0.4, -0.2) is 11.0 Å². The number of rotatable bonds is 4. The molecule has 2 atom stereocenters. The third-order valence-electron chi connectivity index (χ3n) is 4.15. The Morgan fingerprint density at radius 2 is 2.10 bits per heavy atom. The van der Waals surface area contributed by atoms with Crippen molar-refractivity contribution >= 4 is 21.6 Å². The van der Waals surface area contributed by atoms with Gasteiger partial charge in [0.25, 0.3) is 5.69 Å². The molecular formula is C15H21BrN2O2. The maximum Gasteiger partial charge on any atom is 0.273 e. The Balaban J connectivity index is 2.05. The van der Waals surface area contributed by atoms with E-state index in [0.717, 1.165) is 10.0 Å². The predicted octanol–water partition coefficient (Wildman–Crippen LogP) is 4.42. The number of hydrogen-bond acceptors (Lipinski definition) is 3. The maximum atomic E-state index is 11.1. The van der Waals surface area contributed by atoms with E-state index in [9.17, 15) is 10.1 Å². The zero-order chi connectivity index (χ0) is 14.5. The van der Waals surface area contributed by atoms with Crippen molar-refractivity contribution in [2.45, 2.75) is 51.6 Å². The minimum Gasteiger partial charge on any atom is -0.309 e. The molecule has 2 rings (SSSR count). The summed E-state index contributed by atoms with van der Waals surface area (Å²) in [4.78, 5) is 10.8. The number of nitro benzene ring substituents is 1. The minimum atomic E-state index is -0.306. The molecule has 0 spiro atoms. The second kappa shape index (κ2) is 7.18. The van der Waals surface area contributed by atoms with E-state index >= 15 is 0 Å². The van der Waals surface area contributed by atoms with E-state index < -0.39 is 0 Å². The molecule has 1 aliphatic carbocycles. The standard InChI is InChI=1S/C15H21BrN2O2/c1-11-5-3-2-4-6-14(11)17-10-12-9-13(16)7-8-15(12)18(19)20/h7-9,11,14,17H,2-6,10H2,1H3. The van der Waals surface area contributed by atoms with Gasteiger partial charge < -0.3 is 5.32 Å². The Kier molecular flexibility index (Phi) is 5.54. The molecule has 0 aromatic heterocycles. The fraction of sp³-hybridized carbons (Fsp3) is 0.600. The van der Waals surface area contributed by atoms with Crippen molar-refractivity contribution in [1.29, 1.82) is 0 Å². The first-order chi connectivity index (χ1) is 9.58. The van der Waals surface area contributed by atoms with Crippen molar-refractivity contribution in [2.75, 3.05) is 0 Å². The molecule has 1 N–H and O–H groups in total. The number of hydrogen-bond donors (Lipinski definition) is 1. The largest absolute Gasteiger partial charge is 0.309 e. The van der Waals surface area contributed by atoms with Gasteiger partial charge in [0, 0.05) is 28.7 Å². The molecule has 2 unspecified atom stereocenters. The highest BCUT2D eigenvalue weighted by Gasteiger charge is 2.21. The van der Waals surface area contributed by atoms with Gasteiger partial charge in [0.2, 0.25) is 0 Å². The molecule has 1 fully saturated rings. The van der Waals surface area contributed by atoms with E-state index in [0.29, 0.717) is 18.5 Å². The summed E-state index contributed by atoms with van der Waals surface area (Å²) in [5.41, 5.74) is 0.947. The highest BCUT2D eigenvalue weighted by Crippen LogP contribution is 2.26. The Labute approximate surface area is 128 Å². The smallest absolute Gasteiger partial charge is 0.273 e. The second-order valence-electron chi connectivity index (χ2n) is 5.63. The number of halogens is 1. The molecule has 5 heteroatoms. The van der Waals surface area contributed by atoms with Gasteiger partial charge in [0.1, 0.15) is 0 Å². The van der Waals surface area contributed by atoms with Crippen molar-refractivity contribution in [1.82, 2.24) is 5.32 Å². The minimum absolute atomic E-state index is 0.196. The van der Waals surface area contributed by atoms with Gasteiger partial charge in [-0.15, -0.1) is 0 Å². The molecule has 0 bridgehead atoms. The van der Waals surface area contributed by atoms with Crippen LogP contribution < -0.4 is 5.32 Å². The molecule has 110 valence electrons. The lowest BCUT2D eigenvalue weighted by atomic mass is 9.96. The summed E-state index contributed by atoms with van der Waals surface area (Å²) in [5.74, 6) is 0.642. The molecule has 4 nitrogen and oxygen atoms in total. The third kappa shape index (κ3) is 4.03. The van der Waals surface area contributed by atoms with Crippen molar-refractivity contribution in [2.24, 2.45) is 5.92 Å². The van der Waals surface area contributed by atoms with Crippen LogP contribution in [0.5, 0.6) is 0 Å². The van der Waals surface area contributed by atoms with Gasteiger partial charge in [-0.25, -0.2) is 0 Å². The molecule has 0 radical (unpaired) electrons. The summed E-state index contributed by atoms with van der Waals surface area (Å²) in [7, 11) is 0. The SMILES string of the molecule is CC1CCCCCC1NCc1cc(Br)ccc1[N+](=O)[O-]. The fourth-order valence-electron chi connectivity index (χ4n) is 2.91. The van der Waals surface area contributed by atoms with Gasteiger partial charge in [-0.1, -0.05) is 42.1 Å². The van der Waals surface area contributed by atoms with Crippen molar-refractivity contribution < 1.29 is 4.92 Å². The first kappa shape index (κ1) is 15.4. The molecule has 1 aromatic carbocycles. The van der Waals surface area contributed by atoms with E-state index in [1.165, 1.54) is 32.1 Å². The summed E-state index contributed by atoms with van der Waals surface area (Å²) in [5, 5.41) is 14.6. The van der Waals surface area contributed by atoms with E-state index in [4.69, 9.17) is 0 Å². The molecule has 0 amide bonds. The molecule has 0 aliphatic heterocycles. The summed E-state index contributed by atoms with van der Waals surface area (Å²) in [6.07, 6.45) is 6.28. The Morgan fingerprint density at radius 1 is 1.35 bits per heavy atom. The average molecular weight is 341 g/mol. The first-order valence-corrected chi connectivity index (χ1v) is 8.03. The van der Waals surface area contributed by atoms with Crippen molar-refractivity contribution in [3.63, 3.8) is 0 Å². The van der Waals surface area contributed by atoms with E-state index in [1.54, 1.807) is 12.1 Å². The highest BCUT2D eigenvalue weighted by atomic mass is 79.9. The molecule has 20 heavy (non-hydrogen) atoms. The van der Waals surface area contributed by atoms with Crippen LogP contribution in [0.25, 0.3) is 0 Å². The van der Waals surface area contributed by atoms with Crippen LogP contribution in [0.3, 0.4) is 0 Å². The van der Waals surface area contributed by atoms with Gasteiger partial charge in [0.05, 0.1) is 4.92 Å². The van der Waals surface area contributed by atoms with Gasteiger partial charge in [-0.05, 0) is 30.9 Å². The van der Waals surface area contributed by atoms with Gasteiger partial charge in [0.15, 0.2) is 0 Å². The normalized spacial score (nSPS) is 23.3. The van der Waals surface area contributed by atoms with Gasteiger partial charge >= 0.3 is 0 Å². The second-order valence-corrected chi connectivity index (χ2v) is 6.55. The van der Waals surface area contributed by atoms with Crippen LogP contribution in [0, 0.1) is 16.0 Å². The van der Waals surface area contributed by atoms with Crippen LogP contribution in [0.2, 0.25) is 0 Å². The monoisotopic (exact) mass is 340 g/mol. The van der Waals surface area contributed by atoms with Crippen molar-refractivity contribution in [3.05, 3.63) is 38.3 Å². The van der Waals surface area contributed by atoms with E-state index in [1.807, 2.05) is 6.07 Å². The van der Waals surface area contributed by atoms with Gasteiger partial charge in [-0.3, -0.25) is 10.1 Å². The topological polar surface area (TPSA) is 55.2 Å². The summed E-state index contributed by atoms with van der Waals surface area (Å²) >= 11 is 3.39. The Morgan fingerprint density at radius 3 is 2.85 bits per heavy atom. The third-order valence-corrected chi connectivity index (χ3v) is 4.65. The molecule has 1 aliphatic rings. The molecule has 0 heterocycles. The fourth-order valence-corrected chi connectivity index (χ4v) is 3.32. The quantitative estimate of drug-likeness (QED) is 0.501. The van der Waals surface area contributed by atoms with Crippen LogP contribution >= 0.6 is 15.9 Å². The molecule has 1 aromatic rings. The molecule has 1 saturated carbocycles. The number of nitrogens with one attached hydrogen (secondary N) is 1. The van der Waals surface area contributed by atoms with Crippen molar-refractivity contribution in [3.8, 4) is 0 Å². The molecular weight excluding hydrogens is 320 g/mol. The summed E-state index contributed by atoms with van der Waals surface area (Å²) < 4.78 is 0.883. The Hall–Kier alpha value is -0.940. The zero-order valence-electron chi connectivity index (χ0n) is 11.8. The summed E-state index contributed by atoms with van der Waals surface area (Å²) in [6.45, 7) is 2.84.